The first-order valence-electron chi connectivity index (χ1n) is 9.60. The third-order valence-corrected chi connectivity index (χ3v) is 6.01. The Kier molecular flexibility index (Phi) is 6.49. The molecule has 6 nitrogen and oxygen atoms in total. The van der Waals surface area contributed by atoms with Gasteiger partial charge in [-0.05, 0) is 31.0 Å². The number of carbonyl (C=O) groups excluding carboxylic acids is 1. The molecule has 3 aromatic rings. The van der Waals surface area contributed by atoms with Crippen LogP contribution in [-0.4, -0.2) is 19.5 Å². The third-order valence-electron chi connectivity index (χ3n) is 4.62. The van der Waals surface area contributed by atoms with E-state index in [-0.39, 0.29) is 11.3 Å². The minimum absolute atomic E-state index is 0.0421. The van der Waals surface area contributed by atoms with E-state index >= 15 is 0 Å². The van der Waals surface area contributed by atoms with Crippen LogP contribution in [0.25, 0.3) is 22.4 Å². The summed E-state index contributed by atoms with van der Waals surface area (Å²) in [5.41, 5.74) is 3.21. The van der Waals surface area contributed by atoms with Gasteiger partial charge < -0.3 is 4.52 Å². The maximum absolute atomic E-state index is 12.5. The number of nitrogens with zero attached hydrogens (tertiary/aromatic N) is 1. The minimum atomic E-state index is -3.89. The predicted octanol–water partition coefficient (Wildman–Crippen LogP) is 4.70. The quantitative estimate of drug-likeness (QED) is 0.542. The zero-order valence-electron chi connectivity index (χ0n) is 16.5. The van der Waals surface area contributed by atoms with Gasteiger partial charge >= 0.3 is 0 Å². The summed E-state index contributed by atoms with van der Waals surface area (Å²) in [6, 6.07) is 16.0. The van der Waals surface area contributed by atoms with E-state index in [9.17, 15) is 13.2 Å². The van der Waals surface area contributed by atoms with E-state index in [4.69, 9.17) is 4.52 Å². The van der Waals surface area contributed by atoms with Crippen molar-refractivity contribution >= 4 is 15.9 Å². The molecule has 0 saturated carbocycles. The summed E-state index contributed by atoms with van der Waals surface area (Å²) in [6.07, 6.45) is 2.73. The summed E-state index contributed by atoms with van der Waals surface area (Å²) >= 11 is 0. The largest absolute Gasteiger partial charge is 0.360 e. The fraction of sp³-hybridized carbons (Fsp3) is 0.273. The number of hydrogen-bond donors (Lipinski definition) is 1. The standard InChI is InChI=1S/C22H24N2O4S/c1-3-4-6-11-20(25)24-29(26,27)19-14-12-17(13-15-19)21-16(2)28-23-22(21)18-9-7-5-8-10-18/h5,7-10,12-15H,3-4,6,11H2,1-2H3,(H,24,25). The van der Waals surface area contributed by atoms with Gasteiger partial charge in [-0.3, -0.25) is 4.79 Å². The zero-order chi connectivity index (χ0) is 20.9. The lowest BCUT2D eigenvalue weighted by atomic mass is 10.00. The van der Waals surface area contributed by atoms with Gasteiger partial charge in [-0.1, -0.05) is 67.4 Å². The molecule has 0 fully saturated rings. The van der Waals surface area contributed by atoms with Crippen LogP contribution in [0, 0.1) is 6.92 Å². The number of aryl methyl sites for hydroxylation is 1. The summed E-state index contributed by atoms with van der Waals surface area (Å²) in [5.74, 6) is 0.160. The van der Waals surface area contributed by atoms with Gasteiger partial charge in [0.2, 0.25) is 5.91 Å². The van der Waals surface area contributed by atoms with E-state index in [2.05, 4.69) is 9.88 Å². The Balaban J connectivity index is 1.83. The van der Waals surface area contributed by atoms with Crippen molar-refractivity contribution < 1.29 is 17.7 Å². The van der Waals surface area contributed by atoms with Crippen molar-refractivity contribution in [1.82, 2.24) is 9.88 Å². The van der Waals surface area contributed by atoms with Crippen molar-refractivity contribution in [2.75, 3.05) is 0 Å². The smallest absolute Gasteiger partial charge is 0.264 e. The van der Waals surface area contributed by atoms with Crippen LogP contribution < -0.4 is 4.72 Å². The fourth-order valence-corrected chi connectivity index (χ4v) is 4.12. The zero-order valence-corrected chi connectivity index (χ0v) is 17.3. The number of hydrogen-bond acceptors (Lipinski definition) is 5. The van der Waals surface area contributed by atoms with Gasteiger partial charge in [0.15, 0.2) is 0 Å². The molecule has 0 saturated heterocycles. The third kappa shape index (κ3) is 4.92. The van der Waals surface area contributed by atoms with Crippen LogP contribution in [0.2, 0.25) is 0 Å². The molecule has 0 unspecified atom stereocenters. The molecule has 0 spiro atoms. The number of carbonyl (C=O) groups is 1. The summed E-state index contributed by atoms with van der Waals surface area (Å²) < 4.78 is 32.4. The Labute approximate surface area is 171 Å². The van der Waals surface area contributed by atoms with Gasteiger partial charge in [-0.2, -0.15) is 0 Å². The van der Waals surface area contributed by atoms with Crippen molar-refractivity contribution in [2.45, 2.75) is 44.4 Å². The van der Waals surface area contributed by atoms with Crippen molar-refractivity contribution in [3.8, 4) is 22.4 Å². The van der Waals surface area contributed by atoms with Gasteiger partial charge in [0, 0.05) is 12.0 Å². The summed E-state index contributed by atoms with van der Waals surface area (Å²) in [6.45, 7) is 3.84. The van der Waals surface area contributed by atoms with Crippen molar-refractivity contribution in [3.05, 3.63) is 60.4 Å². The molecule has 0 radical (unpaired) electrons. The van der Waals surface area contributed by atoms with Gasteiger partial charge in [0.1, 0.15) is 11.5 Å². The Morgan fingerprint density at radius 1 is 1.00 bits per heavy atom. The van der Waals surface area contributed by atoms with E-state index in [1.165, 1.54) is 12.1 Å². The average Bonchev–Trinajstić information content (AvgIpc) is 3.10. The summed E-state index contributed by atoms with van der Waals surface area (Å²) in [5, 5.41) is 4.16. The van der Waals surface area contributed by atoms with E-state index in [1.54, 1.807) is 12.1 Å². The number of sulfonamides is 1. The van der Waals surface area contributed by atoms with Crippen molar-refractivity contribution in [2.24, 2.45) is 0 Å². The molecule has 1 heterocycles. The Hall–Kier alpha value is -2.93. The number of rotatable bonds is 8. The predicted molar refractivity (Wildman–Crippen MR) is 112 cm³/mol. The molecule has 0 atom stereocenters. The molecule has 1 amide bonds. The normalized spacial score (nSPS) is 11.4. The van der Waals surface area contributed by atoms with E-state index in [1.807, 2.05) is 44.2 Å². The molecule has 1 aromatic heterocycles. The molecule has 2 aromatic carbocycles. The highest BCUT2D eigenvalue weighted by molar-refractivity contribution is 7.90. The van der Waals surface area contributed by atoms with E-state index in [0.717, 1.165) is 29.5 Å². The first-order valence-corrected chi connectivity index (χ1v) is 11.1. The molecule has 1 N–H and O–H groups in total. The Morgan fingerprint density at radius 2 is 1.69 bits per heavy atom. The minimum Gasteiger partial charge on any atom is -0.360 e. The maximum Gasteiger partial charge on any atom is 0.264 e. The topological polar surface area (TPSA) is 89.3 Å². The van der Waals surface area contributed by atoms with Crippen LogP contribution >= 0.6 is 0 Å². The highest BCUT2D eigenvalue weighted by Crippen LogP contribution is 2.34. The second-order valence-corrected chi connectivity index (χ2v) is 8.52. The Morgan fingerprint density at radius 3 is 2.34 bits per heavy atom. The molecule has 0 aliphatic carbocycles. The summed E-state index contributed by atoms with van der Waals surface area (Å²) in [7, 11) is -3.89. The van der Waals surface area contributed by atoms with Gasteiger partial charge in [0.05, 0.1) is 10.5 Å². The van der Waals surface area contributed by atoms with Gasteiger partial charge in [0.25, 0.3) is 10.0 Å². The van der Waals surface area contributed by atoms with Crippen molar-refractivity contribution in [3.63, 3.8) is 0 Å². The average molecular weight is 413 g/mol. The highest BCUT2D eigenvalue weighted by Gasteiger charge is 2.20. The SMILES string of the molecule is CCCCCC(=O)NS(=O)(=O)c1ccc(-c2c(-c3ccccc3)noc2C)cc1. The second-order valence-electron chi connectivity index (χ2n) is 6.84. The number of amides is 1. The van der Waals surface area contributed by atoms with Crippen LogP contribution in [0.1, 0.15) is 38.4 Å². The first kappa shape index (κ1) is 20.8. The van der Waals surface area contributed by atoms with Gasteiger partial charge in [-0.25, -0.2) is 13.1 Å². The molecule has 152 valence electrons. The van der Waals surface area contributed by atoms with Gasteiger partial charge in [-0.15, -0.1) is 0 Å². The van der Waals surface area contributed by atoms with E-state index in [0.29, 0.717) is 17.9 Å². The number of benzene rings is 2. The molecule has 7 heteroatoms. The Bertz CT molecular complexity index is 1070. The lowest BCUT2D eigenvalue weighted by molar-refractivity contribution is -0.119. The molecule has 0 aliphatic rings. The second kappa shape index (κ2) is 9.05. The summed E-state index contributed by atoms with van der Waals surface area (Å²) in [4.78, 5) is 11.9. The first-order chi connectivity index (χ1) is 13.9. The number of aromatic nitrogens is 1. The van der Waals surface area contributed by atoms with Crippen LogP contribution in [0.4, 0.5) is 0 Å². The van der Waals surface area contributed by atoms with Crippen LogP contribution in [-0.2, 0) is 14.8 Å². The maximum atomic E-state index is 12.5. The molecular weight excluding hydrogens is 388 g/mol. The van der Waals surface area contributed by atoms with Crippen LogP contribution in [0.5, 0.6) is 0 Å². The monoisotopic (exact) mass is 412 g/mol. The lowest BCUT2D eigenvalue weighted by Crippen LogP contribution is -2.30. The fourth-order valence-electron chi connectivity index (χ4n) is 3.10. The number of unbranched alkanes of at least 4 members (excludes halogenated alkanes) is 2. The van der Waals surface area contributed by atoms with Crippen molar-refractivity contribution in [1.29, 1.82) is 0 Å². The number of nitrogens with one attached hydrogen (secondary N) is 1. The molecular formula is C22H24N2O4S. The lowest BCUT2D eigenvalue weighted by Gasteiger charge is -2.08. The molecule has 0 bridgehead atoms. The highest BCUT2D eigenvalue weighted by atomic mass is 32.2. The molecule has 3 rings (SSSR count). The van der Waals surface area contributed by atoms with E-state index < -0.39 is 15.9 Å². The van der Waals surface area contributed by atoms with Crippen LogP contribution in [0.15, 0.2) is 64.0 Å². The molecule has 29 heavy (non-hydrogen) atoms. The van der Waals surface area contributed by atoms with Crippen LogP contribution in [0.3, 0.4) is 0 Å². The molecule has 0 aliphatic heterocycles.